The lowest BCUT2D eigenvalue weighted by Crippen LogP contribution is -2.29. The summed E-state index contributed by atoms with van der Waals surface area (Å²) in [6.07, 6.45) is 2.58. The van der Waals surface area contributed by atoms with E-state index in [1.54, 1.807) is 24.3 Å². The smallest absolute Gasteiger partial charge is 0.490 e. The minimum Gasteiger partial charge on any atom is -0.491 e. The van der Waals surface area contributed by atoms with Crippen molar-refractivity contribution in [2.24, 2.45) is 11.8 Å². The summed E-state index contributed by atoms with van der Waals surface area (Å²) in [7, 11) is -3.78. The molecule has 0 spiro atoms. The van der Waals surface area contributed by atoms with Crippen LogP contribution in [0.2, 0.25) is 0 Å². The second-order valence-corrected chi connectivity index (χ2v) is 13.6. The molecule has 1 saturated carbocycles. The molecule has 1 aliphatic carbocycles. The Labute approximate surface area is 285 Å². The number of hydrogen-bond acceptors (Lipinski definition) is 6. The van der Waals surface area contributed by atoms with Crippen molar-refractivity contribution < 1.29 is 46.1 Å². The Balaban J connectivity index is 0.000000838. The molecule has 268 valence electrons. The van der Waals surface area contributed by atoms with Gasteiger partial charge in [-0.15, -0.1) is 0 Å². The topological polar surface area (TPSA) is 154 Å². The number of ether oxygens (including phenoxy) is 1. The number of hydrogen-bond donors (Lipinski definition) is 5. The molecule has 1 aliphatic rings. The van der Waals surface area contributed by atoms with Gasteiger partial charge in [0, 0.05) is 17.9 Å². The normalized spacial score (nSPS) is 16.5. The predicted octanol–water partition coefficient (Wildman–Crippen LogP) is 7.22. The van der Waals surface area contributed by atoms with Crippen LogP contribution in [0.1, 0.15) is 57.4 Å². The molecule has 0 aromatic heterocycles. The monoisotopic (exact) mass is 707 g/mol. The average Bonchev–Trinajstić information content (AvgIpc) is 3.53. The predicted molar refractivity (Wildman–Crippen MR) is 181 cm³/mol. The number of carboxylic acids is 1. The number of sulfonamides is 1. The van der Waals surface area contributed by atoms with Crippen molar-refractivity contribution in [2.45, 2.75) is 75.5 Å². The van der Waals surface area contributed by atoms with Gasteiger partial charge in [0.05, 0.1) is 11.0 Å². The Kier molecular flexibility index (Phi) is 15.2. The summed E-state index contributed by atoms with van der Waals surface area (Å²) < 4.78 is 66.0. The lowest BCUT2D eigenvalue weighted by atomic mass is 9.95. The highest BCUT2D eigenvalue weighted by atomic mass is 32.2. The van der Waals surface area contributed by atoms with Crippen LogP contribution in [0.15, 0.2) is 83.8 Å². The van der Waals surface area contributed by atoms with Crippen molar-refractivity contribution >= 4 is 33.4 Å². The number of amides is 2. The van der Waals surface area contributed by atoms with E-state index in [2.05, 4.69) is 22.3 Å². The van der Waals surface area contributed by atoms with Crippen LogP contribution in [0.5, 0.6) is 5.75 Å². The molecule has 2 amide bonds. The second-order valence-electron chi connectivity index (χ2n) is 11.9. The number of urea groups is 1. The van der Waals surface area contributed by atoms with Gasteiger partial charge in [0.2, 0.25) is 0 Å². The number of carbonyl (C=O) groups excluding carboxylic acids is 1. The van der Waals surface area contributed by atoms with Crippen LogP contribution in [-0.2, 0) is 21.2 Å². The van der Waals surface area contributed by atoms with E-state index in [0.717, 1.165) is 62.7 Å². The van der Waals surface area contributed by atoms with Crippen LogP contribution in [0.4, 0.5) is 29.3 Å². The summed E-state index contributed by atoms with van der Waals surface area (Å²) in [5.41, 5.74) is 2.15. The zero-order chi connectivity index (χ0) is 35.9. The van der Waals surface area contributed by atoms with Gasteiger partial charge in [-0.25, -0.2) is 18.0 Å². The number of anilines is 2. The fourth-order valence-corrected chi connectivity index (χ4v) is 6.44. The molecule has 0 bridgehead atoms. The summed E-state index contributed by atoms with van der Waals surface area (Å²) >= 11 is 0. The Morgan fingerprint density at radius 2 is 1.55 bits per heavy atom. The standard InChI is InChI=1S/C33H43N3O5S.C2HF3O2/c1-2-3-4-8-21-34-33(38)35-28-17-19-31(20-18-28)42(39,40)36-29-15-12-25(13-16-29)22-26-11-14-27(23-26)32(37)24-41-30-9-6-5-7-10-30;3-2(4,5)1(6)7/h5-7,9-10,12-13,15-20,26-27,32,36-37H,2-4,8,11,14,21-24H2,1H3,(H2,34,35,38);(H,6,7)/t26-,27-,32+;/m0./s1. The molecule has 10 nitrogen and oxygen atoms in total. The molecule has 5 N–H and O–H groups in total. The van der Waals surface area contributed by atoms with Gasteiger partial charge in [-0.1, -0.05) is 56.5 Å². The lowest BCUT2D eigenvalue weighted by molar-refractivity contribution is -0.192. The van der Waals surface area contributed by atoms with Gasteiger partial charge in [0.1, 0.15) is 12.4 Å². The molecule has 0 radical (unpaired) electrons. The van der Waals surface area contributed by atoms with E-state index in [9.17, 15) is 31.5 Å². The molecule has 1 fully saturated rings. The largest absolute Gasteiger partial charge is 0.491 e. The molecule has 0 aliphatic heterocycles. The van der Waals surface area contributed by atoms with E-state index < -0.39 is 28.3 Å². The highest BCUT2D eigenvalue weighted by Gasteiger charge is 2.38. The Bertz CT molecular complexity index is 1560. The maximum Gasteiger partial charge on any atom is 0.490 e. The van der Waals surface area contributed by atoms with Gasteiger partial charge in [-0.3, -0.25) is 4.72 Å². The molecule has 3 aromatic carbocycles. The molecular formula is C35H44F3N3O7S. The number of alkyl halides is 3. The first-order valence-electron chi connectivity index (χ1n) is 16.2. The van der Waals surface area contributed by atoms with Crippen molar-refractivity contribution in [3.63, 3.8) is 0 Å². The molecule has 0 saturated heterocycles. The first-order valence-corrected chi connectivity index (χ1v) is 17.7. The van der Waals surface area contributed by atoms with Gasteiger partial charge >= 0.3 is 18.2 Å². The fourth-order valence-electron chi connectivity index (χ4n) is 5.39. The number of nitrogens with one attached hydrogen (secondary N) is 3. The number of aliphatic carboxylic acids is 1. The maximum absolute atomic E-state index is 12.9. The molecule has 0 unspecified atom stereocenters. The molecule has 3 atom stereocenters. The number of carbonyl (C=O) groups is 2. The van der Waals surface area contributed by atoms with Crippen molar-refractivity contribution in [1.29, 1.82) is 0 Å². The molecule has 14 heteroatoms. The van der Waals surface area contributed by atoms with Gasteiger partial charge in [-0.2, -0.15) is 13.2 Å². The number of aliphatic hydroxyl groups excluding tert-OH is 1. The third-order valence-corrected chi connectivity index (χ3v) is 9.40. The number of benzene rings is 3. The van der Waals surface area contributed by atoms with E-state index in [1.807, 2.05) is 42.5 Å². The highest BCUT2D eigenvalue weighted by molar-refractivity contribution is 7.92. The van der Waals surface area contributed by atoms with Crippen molar-refractivity contribution in [3.05, 3.63) is 84.4 Å². The van der Waals surface area contributed by atoms with E-state index in [-0.39, 0.29) is 16.8 Å². The van der Waals surface area contributed by atoms with Crippen molar-refractivity contribution in [2.75, 3.05) is 23.2 Å². The third-order valence-electron chi connectivity index (χ3n) is 8.00. The van der Waals surface area contributed by atoms with Crippen LogP contribution in [0.3, 0.4) is 0 Å². The Hall–Kier alpha value is -4.30. The summed E-state index contributed by atoms with van der Waals surface area (Å²) in [5.74, 6) is -1.30. The van der Waals surface area contributed by atoms with Crippen LogP contribution in [0.25, 0.3) is 0 Å². The number of unbranched alkanes of at least 4 members (excludes halogenated alkanes) is 3. The number of rotatable bonds is 15. The van der Waals surface area contributed by atoms with E-state index >= 15 is 0 Å². The first-order chi connectivity index (χ1) is 23.3. The molecule has 3 aromatic rings. The minimum absolute atomic E-state index is 0.115. The number of para-hydroxylation sites is 1. The summed E-state index contributed by atoms with van der Waals surface area (Å²) in [6.45, 7) is 3.04. The highest BCUT2D eigenvalue weighted by Crippen LogP contribution is 2.35. The lowest BCUT2D eigenvalue weighted by Gasteiger charge is -2.19. The summed E-state index contributed by atoms with van der Waals surface area (Å²) in [6, 6.07) is 22.8. The third kappa shape index (κ3) is 14.0. The number of halogens is 3. The Morgan fingerprint density at radius 3 is 2.16 bits per heavy atom. The van der Waals surface area contributed by atoms with E-state index in [0.29, 0.717) is 30.4 Å². The van der Waals surface area contributed by atoms with E-state index in [1.165, 1.54) is 12.1 Å². The average molecular weight is 708 g/mol. The fraction of sp³-hybridized carbons (Fsp3) is 0.429. The molecule has 0 heterocycles. The first kappa shape index (κ1) is 39.1. The zero-order valence-electron chi connectivity index (χ0n) is 27.3. The quantitative estimate of drug-likeness (QED) is 0.105. The molecule has 49 heavy (non-hydrogen) atoms. The van der Waals surface area contributed by atoms with Gasteiger partial charge in [0.25, 0.3) is 10.0 Å². The van der Waals surface area contributed by atoms with Crippen LogP contribution in [-0.4, -0.2) is 56.1 Å². The minimum atomic E-state index is -5.08. The van der Waals surface area contributed by atoms with Gasteiger partial charge < -0.3 is 25.6 Å². The molecule has 4 rings (SSSR count). The summed E-state index contributed by atoms with van der Waals surface area (Å²) in [5, 5.41) is 23.3. The van der Waals surface area contributed by atoms with Crippen LogP contribution >= 0.6 is 0 Å². The van der Waals surface area contributed by atoms with Crippen molar-refractivity contribution in [1.82, 2.24) is 5.32 Å². The van der Waals surface area contributed by atoms with Crippen LogP contribution in [0, 0.1) is 11.8 Å². The number of aliphatic hydroxyl groups is 1. The van der Waals surface area contributed by atoms with Crippen molar-refractivity contribution in [3.8, 4) is 5.75 Å². The zero-order valence-corrected chi connectivity index (χ0v) is 28.1. The van der Waals surface area contributed by atoms with Gasteiger partial charge in [0.15, 0.2) is 0 Å². The SMILES string of the molecule is CCCCCCNC(=O)Nc1ccc(S(=O)(=O)Nc2ccc(C[C@@H]3CC[C@H]([C@H](O)COc4ccccc4)C3)cc2)cc1.O=C(O)C(F)(F)F. The Morgan fingerprint density at radius 1 is 0.918 bits per heavy atom. The van der Waals surface area contributed by atoms with Gasteiger partial charge in [-0.05, 0) is 98.0 Å². The number of carboxylic acid groups (broad SMARTS) is 1. The second kappa shape index (κ2) is 19.0. The van der Waals surface area contributed by atoms with Crippen LogP contribution < -0.4 is 20.1 Å². The maximum atomic E-state index is 12.9. The summed E-state index contributed by atoms with van der Waals surface area (Å²) in [4.78, 5) is 21.1. The molecular weight excluding hydrogens is 663 g/mol. The van der Waals surface area contributed by atoms with E-state index in [4.69, 9.17) is 14.6 Å².